The largest absolute Gasteiger partial charge is 0.135 e. The molecule has 4 aromatic rings. The van der Waals surface area contributed by atoms with E-state index in [1.807, 2.05) is 11.3 Å². The molecule has 0 aliphatic rings. The Hall–Kier alpha value is -1.86. The highest BCUT2D eigenvalue weighted by Gasteiger charge is 2.14. The van der Waals surface area contributed by atoms with Crippen LogP contribution in [-0.2, 0) is 0 Å². The molecule has 0 atom stereocenters. The Balaban J connectivity index is 2.39. The van der Waals surface area contributed by atoms with Crippen LogP contribution < -0.4 is 0 Å². The van der Waals surface area contributed by atoms with Crippen LogP contribution in [0.5, 0.6) is 0 Å². The molecule has 4 rings (SSSR count). The normalized spacial score (nSPS) is 11.8. The van der Waals surface area contributed by atoms with Gasteiger partial charge in [0.25, 0.3) is 0 Å². The third-order valence-electron chi connectivity index (χ3n) is 5.01. The molecule has 0 bridgehead atoms. The van der Waals surface area contributed by atoms with Crippen LogP contribution in [0.3, 0.4) is 0 Å². The summed E-state index contributed by atoms with van der Waals surface area (Å²) in [4.78, 5) is 0. The molecule has 1 heterocycles. The van der Waals surface area contributed by atoms with Crippen molar-refractivity contribution in [2.45, 2.75) is 27.7 Å². The zero-order chi connectivity index (χ0) is 14.7. The average molecular weight is 290 g/mol. The molecule has 1 heteroatoms. The first kappa shape index (κ1) is 12.8. The van der Waals surface area contributed by atoms with Gasteiger partial charge in [0, 0.05) is 20.2 Å². The molecule has 0 saturated carbocycles. The molecule has 0 spiro atoms. The topological polar surface area (TPSA) is 0 Å². The van der Waals surface area contributed by atoms with Crippen molar-refractivity contribution in [2.75, 3.05) is 0 Å². The molecule has 0 N–H and O–H groups in total. The molecule has 0 aliphatic heterocycles. The van der Waals surface area contributed by atoms with Crippen LogP contribution in [0.25, 0.3) is 30.9 Å². The second-order valence-electron chi connectivity index (χ2n) is 5.96. The Kier molecular flexibility index (Phi) is 2.64. The molecule has 3 aromatic carbocycles. The van der Waals surface area contributed by atoms with E-state index < -0.39 is 0 Å². The van der Waals surface area contributed by atoms with Gasteiger partial charge in [-0.1, -0.05) is 24.3 Å². The van der Waals surface area contributed by atoms with E-state index in [0.29, 0.717) is 0 Å². The predicted octanol–water partition coefficient (Wildman–Crippen LogP) is 6.44. The maximum atomic E-state index is 2.31. The van der Waals surface area contributed by atoms with E-state index in [-0.39, 0.29) is 0 Å². The number of hydrogen-bond acceptors (Lipinski definition) is 1. The van der Waals surface area contributed by atoms with Crippen molar-refractivity contribution in [1.82, 2.24) is 0 Å². The van der Waals surface area contributed by atoms with E-state index in [0.717, 1.165) is 0 Å². The number of hydrogen-bond donors (Lipinski definition) is 0. The Labute approximate surface area is 129 Å². The van der Waals surface area contributed by atoms with Gasteiger partial charge < -0.3 is 0 Å². The molecule has 21 heavy (non-hydrogen) atoms. The molecule has 0 saturated heterocycles. The molecule has 0 radical (unpaired) electrons. The second kappa shape index (κ2) is 4.32. The highest BCUT2D eigenvalue weighted by Crippen LogP contribution is 2.41. The zero-order valence-corrected chi connectivity index (χ0v) is 13.7. The van der Waals surface area contributed by atoms with Crippen molar-refractivity contribution >= 4 is 42.3 Å². The lowest BCUT2D eigenvalue weighted by Gasteiger charge is -2.15. The Morgan fingerprint density at radius 2 is 1.29 bits per heavy atom. The summed E-state index contributed by atoms with van der Waals surface area (Å²) in [5.74, 6) is 0. The van der Waals surface area contributed by atoms with Gasteiger partial charge in [-0.15, -0.1) is 11.3 Å². The first-order valence-corrected chi connectivity index (χ1v) is 8.21. The Morgan fingerprint density at radius 3 is 2.10 bits per heavy atom. The molecule has 0 unspecified atom stereocenters. The van der Waals surface area contributed by atoms with Gasteiger partial charge >= 0.3 is 0 Å². The van der Waals surface area contributed by atoms with Crippen LogP contribution in [0.15, 0.2) is 36.4 Å². The standard InChI is InChI=1S/C20H18S/c1-11-12(2)14(4)19-15(13(11)3)9-10-18-20(19)16-7-5-6-8-17(16)21-18/h5-10H,1-4H3. The number of aryl methyl sites for hydroxylation is 2. The summed E-state index contributed by atoms with van der Waals surface area (Å²) in [6.07, 6.45) is 0. The summed E-state index contributed by atoms with van der Waals surface area (Å²) in [6, 6.07) is 13.4. The summed E-state index contributed by atoms with van der Waals surface area (Å²) in [7, 11) is 0. The summed E-state index contributed by atoms with van der Waals surface area (Å²) in [6.45, 7) is 9.03. The number of benzene rings is 3. The van der Waals surface area contributed by atoms with Crippen molar-refractivity contribution in [2.24, 2.45) is 0 Å². The van der Waals surface area contributed by atoms with Crippen LogP contribution in [-0.4, -0.2) is 0 Å². The van der Waals surface area contributed by atoms with Gasteiger partial charge in [0.2, 0.25) is 0 Å². The van der Waals surface area contributed by atoms with E-state index in [1.165, 1.54) is 53.2 Å². The molecular weight excluding hydrogens is 272 g/mol. The van der Waals surface area contributed by atoms with Crippen molar-refractivity contribution in [3.63, 3.8) is 0 Å². The maximum Gasteiger partial charge on any atom is 0.0361 e. The van der Waals surface area contributed by atoms with Gasteiger partial charge in [-0.25, -0.2) is 0 Å². The first-order chi connectivity index (χ1) is 10.1. The summed E-state index contributed by atoms with van der Waals surface area (Å²) in [5.41, 5.74) is 5.72. The van der Waals surface area contributed by atoms with E-state index in [9.17, 15) is 0 Å². The summed E-state index contributed by atoms with van der Waals surface area (Å²) >= 11 is 1.90. The SMILES string of the molecule is Cc1c(C)c(C)c2c(ccc3sc4ccccc4c32)c1C. The lowest BCUT2D eigenvalue weighted by atomic mass is 9.89. The fourth-order valence-corrected chi connectivity index (χ4v) is 4.58. The van der Waals surface area contributed by atoms with Gasteiger partial charge in [-0.2, -0.15) is 0 Å². The van der Waals surface area contributed by atoms with E-state index in [1.54, 1.807) is 0 Å². The number of rotatable bonds is 0. The Morgan fingerprint density at radius 1 is 0.571 bits per heavy atom. The van der Waals surface area contributed by atoms with Gasteiger partial charge in [0.15, 0.2) is 0 Å². The summed E-state index contributed by atoms with van der Waals surface area (Å²) in [5, 5.41) is 5.70. The first-order valence-electron chi connectivity index (χ1n) is 7.40. The van der Waals surface area contributed by atoms with Gasteiger partial charge in [-0.05, 0) is 72.9 Å². The van der Waals surface area contributed by atoms with E-state index >= 15 is 0 Å². The predicted molar refractivity (Wildman–Crippen MR) is 95.8 cm³/mol. The van der Waals surface area contributed by atoms with Crippen LogP contribution in [0.1, 0.15) is 22.3 Å². The molecule has 0 amide bonds. The van der Waals surface area contributed by atoms with Gasteiger partial charge in [-0.3, -0.25) is 0 Å². The molecule has 1 aromatic heterocycles. The fraction of sp³-hybridized carbons (Fsp3) is 0.200. The molecule has 104 valence electrons. The minimum atomic E-state index is 1.38. The van der Waals surface area contributed by atoms with Gasteiger partial charge in [0.05, 0.1) is 0 Å². The lowest BCUT2D eigenvalue weighted by Crippen LogP contribution is -1.94. The molecule has 0 nitrogen and oxygen atoms in total. The van der Waals surface area contributed by atoms with E-state index in [4.69, 9.17) is 0 Å². The van der Waals surface area contributed by atoms with Crippen molar-refractivity contribution in [3.8, 4) is 0 Å². The number of fused-ring (bicyclic) bond motifs is 5. The number of thiophene rings is 1. The zero-order valence-electron chi connectivity index (χ0n) is 12.9. The van der Waals surface area contributed by atoms with Crippen molar-refractivity contribution < 1.29 is 0 Å². The van der Waals surface area contributed by atoms with Gasteiger partial charge in [0.1, 0.15) is 0 Å². The minimum Gasteiger partial charge on any atom is -0.135 e. The van der Waals surface area contributed by atoms with Crippen molar-refractivity contribution in [3.05, 3.63) is 58.7 Å². The van der Waals surface area contributed by atoms with Crippen LogP contribution in [0.4, 0.5) is 0 Å². The van der Waals surface area contributed by atoms with E-state index in [2.05, 4.69) is 64.1 Å². The van der Waals surface area contributed by atoms with Crippen LogP contribution >= 0.6 is 11.3 Å². The fourth-order valence-electron chi connectivity index (χ4n) is 3.47. The molecule has 0 fully saturated rings. The third kappa shape index (κ3) is 1.61. The molecular formula is C20H18S. The lowest BCUT2D eigenvalue weighted by molar-refractivity contribution is 1.25. The monoisotopic (exact) mass is 290 g/mol. The van der Waals surface area contributed by atoms with Crippen LogP contribution in [0, 0.1) is 27.7 Å². The quantitative estimate of drug-likeness (QED) is 0.349. The maximum absolute atomic E-state index is 2.31. The minimum absolute atomic E-state index is 1.38. The van der Waals surface area contributed by atoms with Crippen LogP contribution in [0.2, 0.25) is 0 Å². The smallest absolute Gasteiger partial charge is 0.0361 e. The summed E-state index contributed by atoms with van der Waals surface area (Å²) < 4.78 is 2.78. The van der Waals surface area contributed by atoms with Crippen molar-refractivity contribution in [1.29, 1.82) is 0 Å². The third-order valence-corrected chi connectivity index (χ3v) is 6.15. The highest BCUT2D eigenvalue weighted by molar-refractivity contribution is 7.26. The average Bonchev–Trinajstić information content (AvgIpc) is 2.88. The Bertz CT molecular complexity index is 1020. The molecule has 0 aliphatic carbocycles. The highest BCUT2D eigenvalue weighted by atomic mass is 32.1. The second-order valence-corrected chi connectivity index (χ2v) is 7.04.